The van der Waals surface area contributed by atoms with Gasteiger partial charge in [-0.2, -0.15) is 5.01 Å². The number of amides is 3. The Balaban J connectivity index is 1.74. The second-order valence-corrected chi connectivity index (χ2v) is 8.91. The summed E-state index contributed by atoms with van der Waals surface area (Å²) in [4.78, 5) is 64.3. The van der Waals surface area contributed by atoms with Crippen LogP contribution in [0.4, 0.5) is 5.69 Å². The van der Waals surface area contributed by atoms with E-state index in [4.69, 9.17) is 4.74 Å². The molecule has 0 bridgehead atoms. The molecule has 2 aromatic rings. The maximum Gasteiger partial charge on any atom is 0.282 e. The zero-order valence-electron chi connectivity index (χ0n) is 19.4. The third-order valence-corrected chi connectivity index (χ3v) is 6.66. The number of ether oxygens (including phenoxy) is 1. The molecular formula is C25H25N3O7. The van der Waals surface area contributed by atoms with Gasteiger partial charge in [0.05, 0.1) is 23.9 Å². The van der Waals surface area contributed by atoms with Gasteiger partial charge in [0.25, 0.3) is 23.4 Å². The van der Waals surface area contributed by atoms with Gasteiger partial charge in [-0.3, -0.25) is 29.3 Å². The van der Waals surface area contributed by atoms with Gasteiger partial charge in [0, 0.05) is 11.6 Å². The fraction of sp³-hybridized carbons (Fsp3) is 0.360. The normalized spacial score (nSPS) is 21.4. The van der Waals surface area contributed by atoms with E-state index in [0.29, 0.717) is 18.6 Å². The molecule has 0 spiro atoms. The number of nitrogens with zero attached hydrogens (tertiary/aromatic N) is 3. The third-order valence-electron chi connectivity index (χ3n) is 6.66. The standard InChI is InChI=1S/C25H25N3O7/c1-15-10-11-18-20(12-15)25(32)27(24(18)31)26(14-22(29)16-6-5-7-17(13-16)35-2)23(30)19-8-3-4-9-21(19)28(33)34/h3-9,13,15,18,20H,10-12,14H2,1-2H3/t15-,18-,20+/m1/s1. The van der Waals surface area contributed by atoms with Crippen LogP contribution in [0.25, 0.3) is 0 Å². The number of carbonyl (C=O) groups excluding carboxylic acids is 4. The van der Waals surface area contributed by atoms with Gasteiger partial charge >= 0.3 is 0 Å². The number of methoxy groups -OCH3 is 1. The number of hydrogen-bond donors (Lipinski definition) is 0. The van der Waals surface area contributed by atoms with Crippen LogP contribution < -0.4 is 4.74 Å². The topological polar surface area (TPSA) is 127 Å². The molecule has 1 saturated carbocycles. The second kappa shape index (κ2) is 9.65. The molecule has 3 amide bonds. The SMILES string of the molecule is COc1cccc(C(=O)CN(C(=O)c2ccccc2[N+](=O)[O-])N2C(=O)[C@H]3C[C@H](C)CC[C@H]3C2=O)c1. The van der Waals surface area contributed by atoms with Gasteiger partial charge < -0.3 is 4.74 Å². The van der Waals surface area contributed by atoms with Gasteiger partial charge in [0.2, 0.25) is 0 Å². The maximum atomic E-state index is 13.6. The number of imide groups is 1. The highest BCUT2D eigenvalue weighted by atomic mass is 16.6. The lowest BCUT2D eigenvalue weighted by molar-refractivity contribution is -0.385. The predicted octanol–water partition coefficient (Wildman–Crippen LogP) is 3.26. The minimum absolute atomic E-state index is 0.204. The number of ketones is 1. The summed E-state index contributed by atoms with van der Waals surface area (Å²) < 4.78 is 5.15. The Morgan fingerprint density at radius 2 is 1.80 bits per heavy atom. The monoisotopic (exact) mass is 479 g/mol. The van der Waals surface area contributed by atoms with Crippen LogP contribution in [0.1, 0.15) is 46.9 Å². The van der Waals surface area contributed by atoms with Gasteiger partial charge in [-0.05, 0) is 43.4 Å². The van der Waals surface area contributed by atoms with Crippen LogP contribution in [0, 0.1) is 27.9 Å². The van der Waals surface area contributed by atoms with Crippen LogP contribution in [-0.4, -0.2) is 52.1 Å². The third kappa shape index (κ3) is 4.51. The first-order valence-corrected chi connectivity index (χ1v) is 11.3. The van der Waals surface area contributed by atoms with Crippen molar-refractivity contribution in [3.63, 3.8) is 0 Å². The van der Waals surface area contributed by atoms with Gasteiger partial charge in [-0.1, -0.05) is 31.2 Å². The molecule has 2 aliphatic rings. The predicted molar refractivity (Wildman–Crippen MR) is 123 cm³/mol. The fourth-order valence-electron chi connectivity index (χ4n) is 4.82. The summed E-state index contributed by atoms with van der Waals surface area (Å²) >= 11 is 0. The smallest absolute Gasteiger partial charge is 0.282 e. The lowest BCUT2D eigenvalue weighted by Crippen LogP contribution is -2.52. The largest absolute Gasteiger partial charge is 0.497 e. The Kier molecular flexibility index (Phi) is 6.63. The van der Waals surface area contributed by atoms with E-state index in [-0.39, 0.29) is 17.0 Å². The van der Waals surface area contributed by atoms with E-state index in [1.165, 1.54) is 37.4 Å². The highest BCUT2D eigenvalue weighted by Crippen LogP contribution is 2.41. The fourth-order valence-corrected chi connectivity index (χ4v) is 4.82. The van der Waals surface area contributed by atoms with Crippen LogP contribution in [0.5, 0.6) is 5.75 Å². The summed E-state index contributed by atoms with van der Waals surface area (Å²) in [6.45, 7) is 1.35. The number of benzene rings is 2. The number of nitro groups is 1. The second-order valence-electron chi connectivity index (χ2n) is 8.91. The molecule has 0 radical (unpaired) electrons. The van der Waals surface area contributed by atoms with E-state index >= 15 is 0 Å². The molecule has 3 atom stereocenters. The molecule has 1 heterocycles. The molecule has 10 nitrogen and oxygen atoms in total. The number of para-hydroxylation sites is 1. The van der Waals surface area contributed by atoms with E-state index in [2.05, 4.69) is 0 Å². The van der Waals surface area contributed by atoms with Gasteiger partial charge in [0.15, 0.2) is 5.78 Å². The van der Waals surface area contributed by atoms with E-state index in [1.54, 1.807) is 12.1 Å². The van der Waals surface area contributed by atoms with Crippen LogP contribution in [0.3, 0.4) is 0 Å². The van der Waals surface area contributed by atoms with Crippen molar-refractivity contribution in [2.24, 2.45) is 17.8 Å². The van der Waals surface area contributed by atoms with Crippen molar-refractivity contribution in [2.45, 2.75) is 26.2 Å². The lowest BCUT2D eigenvalue weighted by atomic mass is 9.76. The number of nitro benzene ring substituents is 1. The summed E-state index contributed by atoms with van der Waals surface area (Å²) in [6.07, 6.45) is 1.78. The minimum atomic E-state index is -0.970. The lowest BCUT2D eigenvalue weighted by Gasteiger charge is -2.30. The van der Waals surface area contributed by atoms with Gasteiger partial charge in [0.1, 0.15) is 17.9 Å². The quantitative estimate of drug-likeness (QED) is 0.258. The summed E-state index contributed by atoms with van der Waals surface area (Å²) in [5.41, 5.74) is -0.601. The Hall–Kier alpha value is -4.08. The first-order valence-electron chi connectivity index (χ1n) is 11.3. The van der Waals surface area contributed by atoms with E-state index in [0.717, 1.165) is 22.5 Å². The van der Waals surface area contributed by atoms with Crippen molar-refractivity contribution in [3.05, 3.63) is 69.8 Å². The van der Waals surface area contributed by atoms with Crippen LogP contribution in [0.15, 0.2) is 48.5 Å². The van der Waals surface area contributed by atoms with Crippen molar-refractivity contribution < 1.29 is 28.8 Å². The highest BCUT2D eigenvalue weighted by molar-refractivity contribution is 6.10. The number of fused-ring (bicyclic) bond motifs is 1. The Morgan fingerprint density at radius 1 is 1.09 bits per heavy atom. The first-order chi connectivity index (χ1) is 16.7. The van der Waals surface area contributed by atoms with Gasteiger partial charge in [-0.25, -0.2) is 5.01 Å². The number of Topliss-reactive ketones (excluding diaryl/α,β-unsaturated/α-hetero) is 1. The van der Waals surface area contributed by atoms with E-state index < -0.39 is 52.5 Å². The molecule has 2 aromatic carbocycles. The van der Waals surface area contributed by atoms with Gasteiger partial charge in [-0.15, -0.1) is 0 Å². The van der Waals surface area contributed by atoms with Crippen molar-refractivity contribution in [2.75, 3.05) is 13.7 Å². The van der Waals surface area contributed by atoms with Crippen LogP contribution in [0.2, 0.25) is 0 Å². The molecule has 0 aromatic heterocycles. The first kappa shape index (κ1) is 24.1. The summed E-state index contributed by atoms with van der Waals surface area (Å²) in [7, 11) is 1.44. The van der Waals surface area contributed by atoms with Crippen molar-refractivity contribution in [1.29, 1.82) is 0 Å². The average molecular weight is 479 g/mol. The zero-order valence-corrected chi connectivity index (χ0v) is 19.4. The molecular weight excluding hydrogens is 454 g/mol. The molecule has 35 heavy (non-hydrogen) atoms. The Labute approximate surface area is 201 Å². The summed E-state index contributed by atoms with van der Waals surface area (Å²) in [5, 5.41) is 13.1. The minimum Gasteiger partial charge on any atom is -0.497 e. The van der Waals surface area contributed by atoms with E-state index in [9.17, 15) is 29.3 Å². The molecule has 10 heteroatoms. The van der Waals surface area contributed by atoms with Crippen molar-refractivity contribution in [3.8, 4) is 5.75 Å². The molecule has 0 unspecified atom stereocenters. The molecule has 182 valence electrons. The number of rotatable bonds is 7. The average Bonchev–Trinajstić information content (AvgIpc) is 3.10. The molecule has 1 aliphatic carbocycles. The molecule has 1 saturated heterocycles. The molecule has 2 fully saturated rings. The molecule has 1 aliphatic heterocycles. The number of hydrazine groups is 1. The Bertz CT molecular complexity index is 1210. The maximum absolute atomic E-state index is 13.6. The molecule has 0 N–H and O–H groups in total. The highest BCUT2D eigenvalue weighted by Gasteiger charge is 2.53. The summed E-state index contributed by atoms with van der Waals surface area (Å²) in [5.74, 6) is -3.15. The Morgan fingerprint density at radius 3 is 2.51 bits per heavy atom. The van der Waals surface area contributed by atoms with Crippen molar-refractivity contribution >= 4 is 29.2 Å². The van der Waals surface area contributed by atoms with Crippen molar-refractivity contribution in [1.82, 2.24) is 10.0 Å². The zero-order chi connectivity index (χ0) is 25.3. The number of hydrogen-bond acceptors (Lipinski definition) is 7. The number of carbonyl (C=O) groups is 4. The van der Waals surface area contributed by atoms with Crippen LogP contribution >= 0.6 is 0 Å². The molecule has 4 rings (SSSR count). The van der Waals surface area contributed by atoms with Crippen LogP contribution in [-0.2, 0) is 9.59 Å². The van der Waals surface area contributed by atoms with E-state index in [1.807, 2.05) is 6.92 Å². The summed E-state index contributed by atoms with van der Waals surface area (Å²) in [6, 6.07) is 11.5.